The molecule has 0 saturated heterocycles. The predicted octanol–water partition coefficient (Wildman–Crippen LogP) is 4.01. The molecule has 26 heteroatoms. The molecule has 8 amide bonds. The van der Waals surface area contributed by atoms with E-state index in [-0.39, 0.29) is 73.6 Å². The predicted molar refractivity (Wildman–Crippen MR) is 322 cm³/mol. The lowest BCUT2D eigenvalue weighted by Gasteiger charge is -2.22. The number of carbonyl (C=O) groups is 10. The number of pyridine rings is 3. The first-order valence-electron chi connectivity index (χ1n) is 29.2. The Hall–Kier alpha value is -10.5. The number of nitrogens with one attached hydrogen (secondary N) is 5. The number of alkyl carbamates (subject to hydrolysis) is 1. The molecule has 0 saturated carbocycles. The van der Waals surface area contributed by atoms with Crippen LogP contribution in [0.15, 0.2) is 102 Å². The smallest absolute Gasteiger partial charge is 0.407 e. The second-order valence-corrected chi connectivity index (χ2v) is 21.0. The van der Waals surface area contributed by atoms with E-state index in [2.05, 4.69) is 31.6 Å². The minimum absolute atomic E-state index is 0.0126. The molecule has 3 aromatic heterocycles. The Morgan fingerprint density at radius 1 is 0.778 bits per heavy atom. The minimum Gasteiger partial charge on any atom is -0.458 e. The molecule has 3 aliphatic heterocycles. The van der Waals surface area contributed by atoms with Gasteiger partial charge in [-0.15, -0.1) is 0 Å². The molecule has 90 heavy (non-hydrogen) atoms. The van der Waals surface area contributed by atoms with Gasteiger partial charge in [0.1, 0.15) is 37.3 Å². The highest BCUT2D eigenvalue weighted by Gasteiger charge is 2.36. The van der Waals surface area contributed by atoms with Gasteiger partial charge in [0.25, 0.3) is 29.2 Å². The normalized spacial score (nSPS) is 14.2. The van der Waals surface area contributed by atoms with Crippen molar-refractivity contribution < 1.29 is 71.7 Å². The molecule has 8 N–H and O–H groups in total. The third-order valence-electron chi connectivity index (χ3n) is 15.0. The van der Waals surface area contributed by atoms with Gasteiger partial charge in [-0.2, -0.15) is 0 Å². The molecule has 0 fully saturated rings. The average Bonchev–Trinajstić information content (AvgIpc) is 1.51. The number of ether oxygens (including phenoxy) is 3. The van der Waals surface area contributed by atoms with Crippen LogP contribution in [0, 0.1) is 12.7 Å². The number of esters is 2. The number of fused-ring (bicyclic) bond motifs is 5. The van der Waals surface area contributed by atoms with Gasteiger partial charge < -0.3 is 56.2 Å². The topological polar surface area (TPSA) is 356 Å². The van der Waals surface area contributed by atoms with Gasteiger partial charge in [0.05, 0.1) is 47.8 Å². The van der Waals surface area contributed by atoms with Gasteiger partial charge in [-0.25, -0.2) is 23.9 Å². The number of aromatic nitrogens is 3. The molecule has 0 radical (unpaired) electrons. The van der Waals surface area contributed by atoms with Crippen LogP contribution in [-0.2, 0) is 98.1 Å². The van der Waals surface area contributed by atoms with Crippen LogP contribution >= 0.6 is 0 Å². The number of rotatable bonds is 22. The van der Waals surface area contributed by atoms with Crippen LogP contribution in [0.1, 0.15) is 113 Å². The van der Waals surface area contributed by atoms with Gasteiger partial charge in [0.15, 0.2) is 12.7 Å². The molecule has 0 bridgehead atoms. The summed E-state index contributed by atoms with van der Waals surface area (Å²) in [6.45, 7) is 4.58. The minimum atomic E-state index is -1.48. The highest BCUT2D eigenvalue weighted by molar-refractivity contribution is 6.12. The molecule has 6 aromatic rings. The highest BCUT2D eigenvalue weighted by atomic mass is 19.1. The maximum Gasteiger partial charge on any atom is 0.407 e. The fraction of sp³-hybridized carbons (Fsp3) is 0.328. The van der Waals surface area contributed by atoms with E-state index < -0.39 is 79.4 Å². The van der Waals surface area contributed by atoms with Crippen LogP contribution in [0.5, 0.6) is 0 Å². The first-order chi connectivity index (χ1) is 43.3. The fourth-order valence-corrected chi connectivity index (χ4v) is 10.5. The first kappa shape index (κ1) is 65.5. The van der Waals surface area contributed by atoms with Gasteiger partial charge in [-0.1, -0.05) is 68.8 Å². The number of unbranched alkanes of at least 4 members (excludes halogenated alkanes) is 2. The number of nitrogens with two attached hydrogens (primary N) is 1. The van der Waals surface area contributed by atoms with E-state index in [0.717, 1.165) is 46.2 Å². The number of benzene rings is 3. The van der Waals surface area contributed by atoms with Gasteiger partial charge in [0.2, 0.25) is 17.7 Å². The summed E-state index contributed by atoms with van der Waals surface area (Å²) in [5.41, 5.74) is 13.3. The summed E-state index contributed by atoms with van der Waals surface area (Å²) in [5.74, 6) is -5.78. The number of aliphatic hydroxyl groups excluding tert-OH is 1. The molecule has 10 rings (SSSR count). The number of cyclic esters (lactones) is 1. The number of hydrogen-bond donors (Lipinski definition) is 7. The van der Waals surface area contributed by atoms with Gasteiger partial charge in [-0.3, -0.25) is 48.1 Å². The first-order valence-corrected chi connectivity index (χ1v) is 29.2. The van der Waals surface area contributed by atoms with Crippen LogP contribution in [0.25, 0.3) is 22.3 Å². The molecule has 3 aromatic carbocycles. The highest BCUT2D eigenvalue weighted by Crippen LogP contribution is 2.42. The molecule has 4 aliphatic rings. The standard InChI is InChI=1S/C40H44N8O11.C22H17FN2O4.C2H6/c41-38(55)30-11-7-10-29(45-30)21-44-40(57)59-24-27-13-15-28(16-14-27)46-33(50)22-43-39(56)31(20-26-8-3-1-4-9-26)47-34(51)25-58-37(54)23-42-32(49)12-5-2-6-19-48-35(52)17-18-36(48)53;1-9-10-3-2-4-11-13-7-25-17(19(13)24-16(18(10)11)6-15(9)23)5-12-14(21(25)27)8-29-22(28)20(12)26;1-2/h1,3-4,7-11,13-18,31H,2,5-6,12,19-25H2,(H2,41,55)(H,42,49)(H,43,56)(H,44,57)(H,46,50)(H,47,51);5-6,20,26H,2-4,7-8H2,1H3;1-2H3. The van der Waals surface area contributed by atoms with E-state index in [1.165, 1.54) is 24.3 Å². The summed E-state index contributed by atoms with van der Waals surface area (Å²) in [7, 11) is 0. The van der Waals surface area contributed by atoms with Gasteiger partial charge in [-0.05, 0) is 97.2 Å². The van der Waals surface area contributed by atoms with E-state index >= 15 is 0 Å². The third kappa shape index (κ3) is 16.4. The molecule has 25 nitrogen and oxygen atoms in total. The monoisotopic (exact) mass is 1230 g/mol. The van der Waals surface area contributed by atoms with E-state index in [1.807, 2.05) is 13.8 Å². The summed E-state index contributed by atoms with van der Waals surface area (Å²) in [4.78, 5) is 144. The third-order valence-corrected chi connectivity index (χ3v) is 15.0. The molecule has 6 heterocycles. The Labute approximate surface area is 514 Å². The zero-order valence-electron chi connectivity index (χ0n) is 49.6. The van der Waals surface area contributed by atoms with Crippen molar-refractivity contribution in [3.8, 4) is 11.4 Å². The number of carbonyl (C=O) groups excluding carboxylic acids is 10. The van der Waals surface area contributed by atoms with Crippen molar-refractivity contribution in [3.63, 3.8) is 0 Å². The summed E-state index contributed by atoms with van der Waals surface area (Å²) >= 11 is 0. The van der Waals surface area contributed by atoms with E-state index in [0.29, 0.717) is 76.3 Å². The quantitative estimate of drug-likeness (QED) is 0.0218. The maximum atomic E-state index is 14.5. The largest absolute Gasteiger partial charge is 0.458 e. The zero-order valence-corrected chi connectivity index (χ0v) is 49.6. The fourth-order valence-electron chi connectivity index (χ4n) is 10.5. The summed E-state index contributed by atoms with van der Waals surface area (Å²) in [5, 5.41) is 23.8. The number of imide groups is 1. The number of hydrogen-bond acceptors (Lipinski definition) is 17. The number of aliphatic hydroxyl groups is 1. The molecule has 0 spiro atoms. The van der Waals surface area contributed by atoms with Crippen molar-refractivity contribution in [2.24, 2.45) is 5.73 Å². The lowest BCUT2D eigenvalue weighted by atomic mass is 9.85. The van der Waals surface area contributed by atoms with Crippen LogP contribution in [0.2, 0.25) is 0 Å². The number of primary amides is 1. The molecule has 2 atom stereocenters. The molecular weight excluding hydrogens is 1170 g/mol. The van der Waals surface area contributed by atoms with Crippen molar-refractivity contribution >= 4 is 76.0 Å². The van der Waals surface area contributed by atoms with Gasteiger partial charge in [0, 0.05) is 59.8 Å². The second-order valence-electron chi connectivity index (χ2n) is 21.0. The Kier molecular flexibility index (Phi) is 22.1. The Morgan fingerprint density at radius 3 is 2.24 bits per heavy atom. The van der Waals surface area contributed by atoms with Crippen molar-refractivity contribution in [2.45, 2.75) is 111 Å². The van der Waals surface area contributed by atoms with Crippen LogP contribution in [0.4, 0.5) is 14.9 Å². The van der Waals surface area contributed by atoms with Crippen molar-refractivity contribution in [3.05, 3.63) is 169 Å². The summed E-state index contributed by atoms with van der Waals surface area (Å²) < 4.78 is 31.2. The molecular formula is C64H67FN10O15. The zero-order chi connectivity index (χ0) is 64.6. The Morgan fingerprint density at radius 2 is 1.51 bits per heavy atom. The van der Waals surface area contributed by atoms with Crippen molar-refractivity contribution in [1.29, 1.82) is 0 Å². The van der Waals surface area contributed by atoms with E-state index in [1.54, 1.807) is 84.3 Å². The van der Waals surface area contributed by atoms with E-state index in [4.69, 9.17) is 24.9 Å². The molecule has 1 aliphatic carbocycles. The van der Waals surface area contributed by atoms with E-state index in [9.17, 15) is 62.2 Å². The Bertz CT molecular complexity index is 3850. The number of aryl methyl sites for hydroxylation is 2. The summed E-state index contributed by atoms with van der Waals surface area (Å²) in [6, 6.07) is 21.8. The second kappa shape index (κ2) is 30.4. The van der Waals surface area contributed by atoms with Gasteiger partial charge >= 0.3 is 18.0 Å². The van der Waals surface area contributed by atoms with Crippen LogP contribution in [0.3, 0.4) is 0 Å². The Balaban J connectivity index is 0.000000277. The lowest BCUT2D eigenvalue weighted by molar-refractivity contribution is -0.157. The molecule has 2 unspecified atom stereocenters. The maximum absolute atomic E-state index is 14.5. The molecule has 470 valence electrons. The number of amides is 8. The average molecular weight is 1240 g/mol. The van der Waals surface area contributed by atoms with Crippen LogP contribution < -0.4 is 37.9 Å². The number of halogens is 1. The SMILES string of the molecule is CC.Cc1c(F)cc2nc3c(c4c2c1CCC4)Cn1c-3cc2c(c1=O)COC(=O)C2O.NC(=O)c1cccc(CNC(=O)OCc2ccc(NC(=O)CNC(=O)C(Cc3ccccc3)NC(=O)COC(=O)CNC(=O)CCCCCN3C(=O)C=CC3=O)cc2)n1. The number of anilines is 1. The number of nitrogens with zero attached hydrogens (tertiary/aromatic N) is 4. The van der Waals surface area contributed by atoms with Crippen molar-refractivity contribution in [2.75, 3.05) is 31.6 Å². The van der Waals surface area contributed by atoms with Crippen molar-refractivity contribution in [1.82, 2.24) is 40.7 Å². The summed E-state index contributed by atoms with van der Waals surface area (Å²) in [6.07, 6.45) is 4.53. The lowest BCUT2D eigenvalue weighted by Crippen LogP contribution is -2.50. The van der Waals surface area contributed by atoms with Crippen LogP contribution in [-0.4, -0.2) is 116 Å².